The molecule has 2 rings (SSSR count). The summed E-state index contributed by atoms with van der Waals surface area (Å²) in [6, 6.07) is 7.81. The molecule has 1 aromatic rings. The minimum Gasteiger partial charge on any atom is -0.345 e. The summed E-state index contributed by atoms with van der Waals surface area (Å²) in [5, 5.41) is 0. The fourth-order valence-electron chi connectivity index (χ4n) is 2.75. The molecule has 0 aromatic heterocycles. The standard InChI is InChI=1S/C12H17NO.C10H17NO/c1-9(2)10-6-5-7-11(8-10)12(14)13(3)4;1-8(2)10-5-4-6-11(7-10)9(3)12/h5-9H,1-4H3;5,8H,4,6-7H2,1-3H3. The molecule has 0 bridgehead atoms. The van der Waals surface area contributed by atoms with Crippen molar-refractivity contribution in [3.63, 3.8) is 0 Å². The quantitative estimate of drug-likeness (QED) is 0.755. The van der Waals surface area contributed by atoms with Crippen molar-refractivity contribution in [1.82, 2.24) is 9.80 Å². The second kappa shape index (κ2) is 10.1. The molecule has 0 saturated heterocycles. The molecule has 144 valence electrons. The third kappa shape index (κ3) is 6.66. The molecule has 0 unspecified atom stereocenters. The summed E-state index contributed by atoms with van der Waals surface area (Å²) in [7, 11) is 3.54. The Labute approximate surface area is 158 Å². The van der Waals surface area contributed by atoms with Crippen molar-refractivity contribution in [2.24, 2.45) is 5.92 Å². The van der Waals surface area contributed by atoms with Gasteiger partial charge in [-0.15, -0.1) is 0 Å². The maximum atomic E-state index is 11.6. The molecule has 1 aliphatic rings. The minimum absolute atomic E-state index is 0.0625. The summed E-state index contributed by atoms with van der Waals surface area (Å²) < 4.78 is 0. The van der Waals surface area contributed by atoms with Gasteiger partial charge in [0.15, 0.2) is 0 Å². The average Bonchev–Trinajstić information content (AvgIpc) is 2.61. The number of nitrogens with zero attached hydrogens (tertiary/aromatic N) is 2. The second-order valence-corrected chi connectivity index (χ2v) is 7.64. The highest BCUT2D eigenvalue weighted by atomic mass is 16.2. The van der Waals surface area contributed by atoms with Gasteiger partial charge in [-0.05, 0) is 36.0 Å². The number of hydrogen-bond donors (Lipinski definition) is 0. The van der Waals surface area contributed by atoms with Crippen molar-refractivity contribution in [2.45, 2.75) is 47.0 Å². The van der Waals surface area contributed by atoms with Crippen molar-refractivity contribution >= 4 is 11.8 Å². The zero-order chi connectivity index (χ0) is 19.9. The van der Waals surface area contributed by atoms with E-state index in [9.17, 15) is 9.59 Å². The third-order valence-corrected chi connectivity index (χ3v) is 4.57. The number of benzene rings is 1. The molecule has 26 heavy (non-hydrogen) atoms. The van der Waals surface area contributed by atoms with E-state index in [-0.39, 0.29) is 11.8 Å². The first-order valence-electron chi connectivity index (χ1n) is 9.39. The lowest BCUT2D eigenvalue weighted by atomic mass is 9.99. The van der Waals surface area contributed by atoms with Crippen LogP contribution >= 0.6 is 0 Å². The monoisotopic (exact) mass is 358 g/mol. The van der Waals surface area contributed by atoms with E-state index in [1.807, 2.05) is 23.1 Å². The van der Waals surface area contributed by atoms with Crippen LogP contribution in [0.1, 0.15) is 62.9 Å². The first-order valence-corrected chi connectivity index (χ1v) is 9.39. The normalized spacial score (nSPS) is 13.9. The maximum absolute atomic E-state index is 11.6. The summed E-state index contributed by atoms with van der Waals surface area (Å²) in [6.45, 7) is 12.0. The van der Waals surface area contributed by atoms with E-state index in [0.717, 1.165) is 25.1 Å². The van der Waals surface area contributed by atoms with Gasteiger partial charge in [0, 0.05) is 39.7 Å². The third-order valence-electron chi connectivity index (χ3n) is 4.57. The van der Waals surface area contributed by atoms with Crippen LogP contribution in [0.25, 0.3) is 0 Å². The molecule has 0 aliphatic carbocycles. The van der Waals surface area contributed by atoms with E-state index in [4.69, 9.17) is 0 Å². The molecule has 0 saturated carbocycles. The smallest absolute Gasteiger partial charge is 0.253 e. The van der Waals surface area contributed by atoms with Crippen LogP contribution in [0.5, 0.6) is 0 Å². The Morgan fingerprint density at radius 2 is 1.73 bits per heavy atom. The number of carbonyl (C=O) groups excluding carboxylic acids is 2. The molecule has 4 heteroatoms. The average molecular weight is 359 g/mol. The predicted molar refractivity (Wildman–Crippen MR) is 108 cm³/mol. The van der Waals surface area contributed by atoms with Gasteiger partial charge in [-0.3, -0.25) is 9.59 Å². The molecule has 1 aliphatic heterocycles. The van der Waals surface area contributed by atoms with E-state index >= 15 is 0 Å². The van der Waals surface area contributed by atoms with Crippen molar-refractivity contribution < 1.29 is 9.59 Å². The Bertz CT molecular complexity index is 645. The molecule has 0 N–H and O–H groups in total. The molecule has 0 fully saturated rings. The van der Waals surface area contributed by atoms with E-state index in [2.05, 4.69) is 39.8 Å². The number of hydrogen-bond acceptors (Lipinski definition) is 2. The van der Waals surface area contributed by atoms with Crippen LogP contribution in [0, 0.1) is 5.92 Å². The Hall–Kier alpha value is -2.10. The molecular weight excluding hydrogens is 324 g/mol. The highest BCUT2D eigenvalue weighted by molar-refractivity contribution is 5.94. The van der Waals surface area contributed by atoms with Crippen LogP contribution in [-0.4, -0.2) is 48.8 Å². The largest absolute Gasteiger partial charge is 0.345 e. The van der Waals surface area contributed by atoms with Gasteiger partial charge in [-0.25, -0.2) is 0 Å². The summed E-state index contributed by atoms with van der Waals surface area (Å²) in [5.74, 6) is 1.30. The van der Waals surface area contributed by atoms with Gasteiger partial charge in [0.05, 0.1) is 0 Å². The number of amides is 2. The highest BCUT2D eigenvalue weighted by Crippen LogP contribution is 2.17. The van der Waals surface area contributed by atoms with Crippen molar-refractivity contribution in [3.8, 4) is 0 Å². The number of rotatable bonds is 3. The van der Waals surface area contributed by atoms with Crippen molar-refractivity contribution in [2.75, 3.05) is 27.2 Å². The summed E-state index contributed by atoms with van der Waals surface area (Å²) in [5.41, 5.74) is 3.37. The summed E-state index contributed by atoms with van der Waals surface area (Å²) >= 11 is 0. The van der Waals surface area contributed by atoms with Crippen LogP contribution in [0.2, 0.25) is 0 Å². The second-order valence-electron chi connectivity index (χ2n) is 7.64. The molecular formula is C22H34N2O2. The molecule has 0 atom stereocenters. The van der Waals surface area contributed by atoms with Crippen LogP contribution in [0.3, 0.4) is 0 Å². The lowest BCUT2D eigenvalue weighted by molar-refractivity contribution is -0.128. The fourth-order valence-corrected chi connectivity index (χ4v) is 2.75. The lowest BCUT2D eigenvalue weighted by Crippen LogP contribution is -2.34. The molecule has 1 heterocycles. The topological polar surface area (TPSA) is 40.6 Å². The SMILES string of the molecule is CC(=O)N1CCC=C(C(C)C)C1.CC(C)c1cccc(C(=O)N(C)C)c1. The van der Waals surface area contributed by atoms with Crippen LogP contribution in [-0.2, 0) is 4.79 Å². The predicted octanol–water partition coefficient (Wildman–Crippen LogP) is 4.33. The van der Waals surface area contributed by atoms with Crippen LogP contribution < -0.4 is 0 Å². The fraction of sp³-hybridized carbons (Fsp3) is 0.545. The van der Waals surface area contributed by atoms with E-state index in [1.54, 1.807) is 25.9 Å². The van der Waals surface area contributed by atoms with Crippen LogP contribution in [0.15, 0.2) is 35.9 Å². The van der Waals surface area contributed by atoms with E-state index < -0.39 is 0 Å². The van der Waals surface area contributed by atoms with Gasteiger partial charge in [0.25, 0.3) is 5.91 Å². The van der Waals surface area contributed by atoms with Crippen molar-refractivity contribution in [3.05, 3.63) is 47.0 Å². The van der Waals surface area contributed by atoms with Crippen LogP contribution in [0.4, 0.5) is 0 Å². The maximum Gasteiger partial charge on any atom is 0.253 e. The van der Waals surface area contributed by atoms with Gasteiger partial charge in [0.2, 0.25) is 5.91 Å². The Kier molecular flexibility index (Phi) is 8.56. The molecule has 2 amide bonds. The van der Waals surface area contributed by atoms with Gasteiger partial charge in [-0.2, -0.15) is 0 Å². The molecule has 0 radical (unpaired) electrons. The van der Waals surface area contributed by atoms with Gasteiger partial charge < -0.3 is 9.80 Å². The Morgan fingerprint density at radius 1 is 1.08 bits per heavy atom. The Balaban J connectivity index is 0.000000263. The van der Waals surface area contributed by atoms with Gasteiger partial charge >= 0.3 is 0 Å². The summed E-state index contributed by atoms with van der Waals surface area (Å²) in [4.78, 5) is 26.2. The number of carbonyl (C=O) groups is 2. The van der Waals surface area contributed by atoms with Crippen molar-refractivity contribution in [1.29, 1.82) is 0 Å². The molecule has 1 aromatic carbocycles. The lowest BCUT2D eigenvalue weighted by Gasteiger charge is -2.27. The first-order chi connectivity index (χ1) is 12.1. The van der Waals surface area contributed by atoms with Gasteiger partial charge in [-0.1, -0.05) is 51.5 Å². The zero-order valence-corrected chi connectivity index (χ0v) is 17.4. The minimum atomic E-state index is 0.0625. The Morgan fingerprint density at radius 3 is 2.23 bits per heavy atom. The van der Waals surface area contributed by atoms with E-state index in [1.165, 1.54) is 11.1 Å². The molecule has 0 spiro atoms. The van der Waals surface area contributed by atoms with E-state index in [0.29, 0.717) is 11.8 Å². The summed E-state index contributed by atoms with van der Waals surface area (Å²) in [6.07, 6.45) is 3.29. The van der Waals surface area contributed by atoms with Gasteiger partial charge in [0.1, 0.15) is 0 Å². The molecule has 4 nitrogen and oxygen atoms in total. The first kappa shape index (κ1) is 21.9. The highest BCUT2D eigenvalue weighted by Gasteiger charge is 2.16. The zero-order valence-electron chi connectivity index (χ0n) is 17.4.